The number of carbonyl (C=O) groups excluding carboxylic acids is 1. The molecular weight excluding hydrogens is 260 g/mol. The average Bonchev–Trinajstić information content (AvgIpc) is 3.08. The molecule has 0 atom stereocenters. The highest BCUT2D eigenvalue weighted by molar-refractivity contribution is 7.09. The molecule has 0 radical (unpaired) electrons. The largest absolute Gasteiger partial charge is 0.465 e. The highest BCUT2D eigenvalue weighted by atomic mass is 32.1. The van der Waals surface area contributed by atoms with Crippen LogP contribution in [0, 0.1) is 0 Å². The van der Waals surface area contributed by atoms with Gasteiger partial charge in [-0.25, -0.2) is 9.78 Å². The van der Waals surface area contributed by atoms with Crippen molar-refractivity contribution in [3.05, 3.63) is 58.3 Å². The summed E-state index contributed by atoms with van der Waals surface area (Å²) in [5, 5.41) is 2.05. The second-order valence-electron chi connectivity index (χ2n) is 4.10. The van der Waals surface area contributed by atoms with E-state index in [-0.39, 0.29) is 5.97 Å². The molecule has 0 saturated heterocycles. The van der Waals surface area contributed by atoms with E-state index >= 15 is 0 Å². The van der Waals surface area contributed by atoms with E-state index in [1.54, 1.807) is 23.6 Å². The molecule has 19 heavy (non-hydrogen) atoms. The number of esters is 1. The Morgan fingerprint density at radius 2 is 2.32 bits per heavy atom. The monoisotopic (exact) mass is 272 g/mol. The molecule has 4 nitrogen and oxygen atoms in total. The van der Waals surface area contributed by atoms with Gasteiger partial charge in [0.25, 0.3) is 0 Å². The Bertz CT molecular complexity index is 716. The zero-order valence-electron chi connectivity index (χ0n) is 10.4. The lowest BCUT2D eigenvalue weighted by Crippen LogP contribution is -2.04. The van der Waals surface area contributed by atoms with Gasteiger partial charge < -0.3 is 9.14 Å². The summed E-state index contributed by atoms with van der Waals surface area (Å²) in [5.41, 5.74) is 1.32. The predicted octanol–water partition coefficient (Wildman–Crippen LogP) is 2.77. The van der Waals surface area contributed by atoms with Gasteiger partial charge in [0.1, 0.15) is 5.82 Å². The number of hydrogen-bond acceptors (Lipinski definition) is 4. The van der Waals surface area contributed by atoms with Crippen LogP contribution in [0.15, 0.2) is 42.0 Å². The van der Waals surface area contributed by atoms with Gasteiger partial charge in [0, 0.05) is 17.5 Å². The minimum atomic E-state index is -0.340. The van der Waals surface area contributed by atoms with Gasteiger partial charge in [-0.15, -0.1) is 11.3 Å². The highest BCUT2D eigenvalue weighted by Crippen LogP contribution is 2.18. The van der Waals surface area contributed by atoms with Gasteiger partial charge >= 0.3 is 5.97 Å². The van der Waals surface area contributed by atoms with Gasteiger partial charge in [0.05, 0.1) is 24.4 Å². The van der Waals surface area contributed by atoms with Crippen molar-refractivity contribution in [3.8, 4) is 0 Å². The molecule has 0 aliphatic carbocycles. The molecule has 96 valence electrons. The van der Waals surface area contributed by atoms with E-state index in [2.05, 4.69) is 11.1 Å². The Hall–Kier alpha value is -2.14. The van der Waals surface area contributed by atoms with E-state index < -0.39 is 0 Å². The summed E-state index contributed by atoms with van der Waals surface area (Å²) in [6, 6.07) is 7.68. The van der Waals surface area contributed by atoms with Gasteiger partial charge in [0.2, 0.25) is 0 Å². The first-order chi connectivity index (χ1) is 9.29. The summed E-state index contributed by atoms with van der Waals surface area (Å²) in [7, 11) is 1.38. The first-order valence-electron chi connectivity index (χ1n) is 5.85. The molecule has 0 aromatic carbocycles. The van der Waals surface area contributed by atoms with Gasteiger partial charge in [-0.2, -0.15) is 0 Å². The summed E-state index contributed by atoms with van der Waals surface area (Å²) >= 11 is 1.70. The zero-order chi connectivity index (χ0) is 13.2. The number of nitrogens with zero attached hydrogens (tertiary/aromatic N) is 2. The molecule has 0 aliphatic rings. The maximum Gasteiger partial charge on any atom is 0.340 e. The van der Waals surface area contributed by atoms with Crippen molar-refractivity contribution < 1.29 is 9.53 Å². The molecule has 0 amide bonds. The summed E-state index contributed by atoms with van der Waals surface area (Å²) in [5.74, 6) is 0.580. The summed E-state index contributed by atoms with van der Waals surface area (Å²) in [6.07, 6.45) is 4.39. The Labute approximate surface area is 114 Å². The van der Waals surface area contributed by atoms with Crippen LogP contribution >= 0.6 is 11.3 Å². The molecule has 3 heterocycles. The fourth-order valence-electron chi connectivity index (χ4n) is 2.06. The standard InChI is InChI=1S/C14H12N2O2S/c1-18-14(17)11-5-2-6-16-12(11)9-15-13(16)8-10-4-3-7-19-10/h2-7,9H,8H2,1H3. The number of rotatable bonds is 3. The Balaban J connectivity index is 2.06. The van der Waals surface area contributed by atoms with Crippen LogP contribution in [-0.4, -0.2) is 22.5 Å². The number of thiophene rings is 1. The van der Waals surface area contributed by atoms with E-state index in [1.165, 1.54) is 12.0 Å². The van der Waals surface area contributed by atoms with Gasteiger partial charge in [0.15, 0.2) is 0 Å². The SMILES string of the molecule is COC(=O)c1cccn2c(Cc3cccs3)ncc12. The molecule has 0 aliphatic heterocycles. The minimum absolute atomic E-state index is 0.340. The maximum absolute atomic E-state index is 11.7. The lowest BCUT2D eigenvalue weighted by Gasteiger charge is -2.03. The fourth-order valence-corrected chi connectivity index (χ4v) is 2.76. The van der Waals surface area contributed by atoms with E-state index in [1.807, 2.05) is 28.1 Å². The van der Waals surface area contributed by atoms with Crippen molar-refractivity contribution in [1.29, 1.82) is 0 Å². The summed E-state index contributed by atoms with van der Waals surface area (Å²) < 4.78 is 6.72. The van der Waals surface area contributed by atoms with Crippen LogP contribution in [0.2, 0.25) is 0 Å². The first-order valence-corrected chi connectivity index (χ1v) is 6.73. The number of hydrogen-bond donors (Lipinski definition) is 0. The molecule has 3 aromatic heterocycles. The lowest BCUT2D eigenvalue weighted by atomic mass is 10.2. The van der Waals surface area contributed by atoms with Crippen molar-refractivity contribution in [2.24, 2.45) is 0 Å². The third-order valence-corrected chi connectivity index (χ3v) is 3.84. The van der Waals surface area contributed by atoms with Crippen LogP contribution in [0.25, 0.3) is 5.52 Å². The smallest absolute Gasteiger partial charge is 0.340 e. The molecule has 0 spiro atoms. The molecule has 0 N–H and O–H groups in total. The number of pyridine rings is 1. The maximum atomic E-state index is 11.7. The fraction of sp³-hybridized carbons (Fsp3) is 0.143. The molecule has 0 saturated carbocycles. The lowest BCUT2D eigenvalue weighted by molar-refractivity contribution is 0.0602. The van der Waals surface area contributed by atoms with E-state index in [0.717, 1.165) is 17.8 Å². The van der Waals surface area contributed by atoms with Gasteiger partial charge in [-0.05, 0) is 23.6 Å². The second kappa shape index (κ2) is 4.85. The van der Waals surface area contributed by atoms with Gasteiger partial charge in [-0.3, -0.25) is 0 Å². The van der Waals surface area contributed by atoms with Gasteiger partial charge in [-0.1, -0.05) is 6.07 Å². The van der Waals surface area contributed by atoms with Crippen LogP contribution < -0.4 is 0 Å². The molecular formula is C14H12N2O2S. The van der Waals surface area contributed by atoms with Crippen LogP contribution in [0.4, 0.5) is 0 Å². The Morgan fingerprint density at radius 3 is 3.05 bits per heavy atom. The zero-order valence-corrected chi connectivity index (χ0v) is 11.2. The summed E-state index contributed by atoms with van der Waals surface area (Å²) in [6.45, 7) is 0. The summed E-state index contributed by atoms with van der Waals surface area (Å²) in [4.78, 5) is 17.3. The van der Waals surface area contributed by atoms with Crippen LogP contribution in [0.1, 0.15) is 21.1 Å². The highest BCUT2D eigenvalue weighted by Gasteiger charge is 2.13. The molecule has 3 aromatic rings. The Kier molecular flexibility index (Phi) is 3.05. The van der Waals surface area contributed by atoms with Crippen LogP contribution in [-0.2, 0) is 11.2 Å². The van der Waals surface area contributed by atoms with Crippen molar-refractivity contribution in [2.45, 2.75) is 6.42 Å². The molecule has 3 rings (SSSR count). The molecule has 5 heteroatoms. The van der Waals surface area contributed by atoms with Crippen LogP contribution in [0.3, 0.4) is 0 Å². The number of aromatic nitrogens is 2. The van der Waals surface area contributed by atoms with Crippen molar-refractivity contribution >= 4 is 22.8 Å². The van der Waals surface area contributed by atoms with E-state index in [4.69, 9.17) is 4.74 Å². The predicted molar refractivity (Wildman–Crippen MR) is 73.7 cm³/mol. The topological polar surface area (TPSA) is 43.6 Å². The van der Waals surface area contributed by atoms with Crippen molar-refractivity contribution in [3.63, 3.8) is 0 Å². The normalized spacial score (nSPS) is 10.8. The molecule has 0 unspecified atom stereocenters. The molecule has 0 bridgehead atoms. The van der Waals surface area contributed by atoms with Crippen molar-refractivity contribution in [1.82, 2.24) is 9.38 Å². The number of methoxy groups -OCH3 is 1. The Morgan fingerprint density at radius 1 is 1.42 bits per heavy atom. The number of carbonyl (C=O) groups is 1. The third-order valence-electron chi connectivity index (χ3n) is 2.97. The number of fused-ring (bicyclic) bond motifs is 1. The molecule has 0 fully saturated rings. The number of imidazole rings is 1. The van der Waals surface area contributed by atoms with E-state index in [9.17, 15) is 4.79 Å². The van der Waals surface area contributed by atoms with Crippen LogP contribution in [0.5, 0.6) is 0 Å². The number of ether oxygens (including phenoxy) is 1. The third kappa shape index (κ3) is 2.13. The minimum Gasteiger partial charge on any atom is -0.465 e. The second-order valence-corrected chi connectivity index (χ2v) is 5.13. The van der Waals surface area contributed by atoms with E-state index in [0.29, 0.717) is 5.56 Å². The van der Waals surface area contributed by atoms with Crippen molar-refractivity contribution in [2.75, 3.05) is 7.11 Å². The first kappa shape index (κ1) is 11.9. The average molecular weight is 272 g/mol. The quantitative estimate of drug-likeness (QED) is 0.689.